The topological polar surface area (TPSA) is 107 Å². The summed E-state index contributed by atoms with van der Waals surface area (Å²) in [6, 6.07) is 9.91. The smallest absolute Gasteiger partial charge is 0.340 e. The number of allylic oxidation sites excluding steroid dienone is 1. The number of amides is 1. The number of aromatic nitrogens is 4. The number of nitrogens with zero attached hydrogens (tertiary/aromatic N) is 3. The van der Waals surface area contributed by atoms with Gasteiger partial charge in [0.25, 0.3) is 0 Å². The summed E-state index contributed by atoms with van der Waals surface area (Å²) in [6.07, 6.45) is 4.19. The standard InChI is InChI=1S/C19H20N6O2/c1-2-5-16(26)25-9-8-13(11-25)20-17-14-7-4-3-6-12(14)10-15(21-17)18-22-19(27)24-23-18/h2-7,10,13H,8-9,11H2,1H3,(H,20,21)(H2,22,23,24,27). The van der Waals surface area contributed by atoms with E-state index in [0.29, 0.717) is 24.6 Å². The average Bonchev–Trinajstić information content (AvgIpc) is 3.31. The zero-order chi connectivity index (χ0) is 18.8. The minimum atomic E-state index is -0.372. The quantitative estimate of drug-likeness (QED) is 0.613. The van der Waals surface area contributed by atoms with Crippen molar-refractivity contribution in [2.45, 2.75) is 19.4 Å². The zero-order valence-electron chi connectivity index (χ0n) is 14.9. The SMILES string of the molecule is CC=CC(=O)N1CCC(Nc2nc(-c3n[nH]c(=O)[nH]3)cc3ccccc23)C1. The third kappa shape index (κ3) is 3.46. The predicted molar refractivity (Wildman–Crippen MR) is 103 cm³/mol. The number of hydrogen-bond acceptors (Lipinski definition) is 5. The van der Waals surface area contributed by atoms with Crippen LogP contribution in [0.15, 0.2) is 47.3 Å². The molecular formula is C19H20N6O2. The Morgan fingerprint density at radius 2 is 2.22 bits per heavy atom. The number of pyridine rings is 1. The van der Waals surface area contributed by atoms with Gasteiger partial charge in [-0.2, -0.15) is 5.10 Å². The Balaban J connectivity index is 1.65. The molecule has 1 saturated heterocycles. The lowest BCUT2D eigenvalue weighted by atomic mass is 10.1. The maximum Gasteiger partial charge on any atom is 0.340 e. The largest absolute Gasteiger partial charge is 0.365 e. The van der Waals surface area contributed by atoms with Crippen LogP contribution in [-0.4, -0.2) is 50.1 Å². The van der Waals surface area contributed by atoms with Crippen molar-refractivity contribution in [2.24, 2.45) is 0 Å². The minimum absolute atomic E-state index is 0.0301. The molecule has 2 aromatic heterocycles. The first-order valence-corrected chi connectivity index (χ1v) is 8.87. The van der Waals surface area contributed by atoms with Crippen molar-refractivity contribution in [3.8, 4) is 11.5 Å². The van der Waals surface area contributed by atoms with Crippen molar-refractivity contribution < 1.29 is 4.79 Å². The molecule has 1 aliphatic rings. The number of benzene rings is 1. The number of anilines is 1. The van der Waals surface area contributed by atoms with E-state index in [1.54, 1.807) is 12.2 Å². The molecule has 8 nitrogen and oxygen atoms in total. The van der Waals surface area contributed by atoms with Gasteiger partial charge in [-0.25, -0.2) is 14.9 Å². The van der Waals surface area contributed by atoms with Crippen LogP contribution in [0.25, 0.3) is 22.3 Å². The lowest BCUT2D eigenvalue weighted by Gasteiger charge is -2.17. The van der Waals surface area contributed by atoms with Gasteiger partial charge in [-0.1, -0.05) is 30.3 Å². The van der Waals surface area contributed by atoms with Crippen molar-refractivity contribution in [2.75, 3.05) is 18.4 Å². The molecule has 0 spiro atoms. The van der Waals surface area contributed by atoms with Crippen LogP contribution in [0, 0.1) is 0 Å². The van der Waals surface area contributed by atoms with Crippen molar-refractivity contribution in [3.05, 3.63) is 53.0 Å². The van der Waals surface area contributed by atoms with E-state index in [1.807, 2.05) is 42.2 Å². The molecule has 27 heavy (non-hydrogen) atoms. The molecular weight excluding hydrogens is 344 g/mol. The molecule has 0 radical (unpaired) electrons. The second-order valence-electron chi connectivity index (χ2n) is 6.52. The van der Waals surface area contributed by atoms with Crippen LogP contribution >= 0.6 is 0 Å². The first-order chi connectivity index (χ1) is 13.1. The highest BCUT2D eigenvalue weighted by Crippen LogP contribution is 2.27. The molecule has 3 aromatic rings. The van der Waals surface area contributed by atoms with Crippen molar-refractivity contribution in [1.29, 1.82) is 0 Å². The molecule has 0 aliphatic carbocycles. The molecule has 3 heterocycles. The molecule has 1 fully saturated rings. The van der Waals surface area contributed by atoms with Gasteiger partial charge in [-0.15, -0.1) is 0 Å². The fourth-order valence-corrected chi connectivity index (χ4v) is 3.34. The van der Waals surface area contributed by atoms with Gasteiger partial charge in [0.2, 0.25) is 5.91 Å². The number of rotatable bonds is 4. The molecule has 1 amide bonds. The van der Waals surface area contributed by atoms with Gasteiger partial charge in [-0.05, 0) is 30.9 Å². The van der Waals surface area contributed by atoms with E-state index in [0.717, 1.165) is 23.0 Å². The number of likely N-dealkylation sites (tertiary alicyclic amines) is 1. The number of H-pyrrole nitrogens is 2. The highest BCUT2D eigenvalue weighted by atomic mass is 16.2. The van der Waals surface area contributed by atoms with Gasteiger partial charge in [0.05, 0.1) is 0 Å². The van der Waals surface area contributed by atoms with Crippen molar-refractivity contribution >= 4 is 22.5 Å². The van der Waals surface area contributed by atoms with Gasteiger partial charge >= 0.3 is 5.69 Å². The number of carbonyl (C=O) groups excluding carboxylic acids is 1. The molecule has 4 rings (SSSR count). The molecule has 1 unspecified atom stereocenters. The van der Waals surface area contributed by atoms with E-state index in [4.69, 9.17) is 0 Å². The monoisotopic (exact) mass is 364 g/mol. The van der Waals surface area contributed by atoms with E-state index in [1.165, 1.54) is 0 Å². The second-order valence-corrected chi connectivity index (χ2v) is 6.52. The Bertz CT molecular complexity index is 1070. The number of fused-ring (bicyclic) bond motifs is 1. The summed E-state index contributed by atoms with van der Waals surface area (Å²) in [7, 11) is 0. The van der Waals surface area contributed by atoms with E-state index in [2.05, 4.69) is 25.5 Å². The second kappa shape index (κ2) is 7.06. The number of aromatic amines is 2. The normalized spacial score (nSPS) is 17.1. The van der Waals surface area contributed by atoms with Crippen LogP contribution in [0.5, 0.6) is 0 Å². The number of hydrogen-bond donors (Lipinski definition) is 3. The molecule has 1 aliphatic heterocycles. The summed E-state index contributed by atoms with van der Waals surface area (Å²) >= 11 is 0. The van der Waals surface area contributed by atoms with Crippen LogP contribution in [0.2, 0.25) is 0 Å². The Kier molecular flexibility index (Phi) is 4.45. The summed E-state index contributed by atoms with van der Waals surface area (Å²) in [5.74, 6) is 1.14. The van der Waals surface area contributed by atoms with Crippen LogP contribution in [0.3, 0.4) is 0 Å². The molecule has 8 heteroatoms. The average molecular weight is 364 g/mol. The van der Waals surface area contributed by atoms with E-state index >= 15 is 0 Å². The number of nitrogens with one attached hydrogen (secondary N) is 3. The molecule has 0 saturated carbocycles. The Morgan fingerprint density at radius 3 is 3.00 bits per heavy atom. The zero-order valence-corrected chi connectivity index (χ0v) is 14.9. The summed E-state index contributed by atoms with van der Waals surface area (Å²) in [6.45, 7) is 3.18. The molecule has 1 aromatic carbocycles. The van der Waals surface area contributed by atoms with Crippen LogP contribution in [0.1, 0.15) is 13.3 Å². The summed E-state index contributed by atoms with van der Waals surface area (Å²) in [5, 5.41) is 11.8. The minimum Gasteiger partial charge on any atom is -0.365 e. The maximum atomic E-state index is 12.0. The molecule has 1 atom stereocenters. The molecule has 0 bridgehead atoms. The van der Waals surface area contributed by atoms with E-state index in [9.17, 15) is 9.59 Å². The molecule has 138 valence electrons. The fourth-order valence-electron chi connectivity index (χ4n) is 3.34. The fraction of sp³-hybridized carbons (Fsp3) is 0.263. The lowest BCUT2D eigenvalue weighted by molar-refractivity contribution is -0.125. The van der Waals surface area contributed by atoms with Gasteiger partial charge in [-0.3, -0.25) is 9.78 Å². The van der Waals surface area contributed by atoms with Crippen molar-refractivity contribution in [1.82, 2.24) is 25.1 Å². The van der Waals surface area contributed by atoms with Gasteiger partial charge in [0.1, 0.15) is 11.5 Å². The highest BCUT2D eigenvalue weighted by Gasteiger charge is 2.25. The summed E-state index contributed by atoms with van der Waals surface area (Å²) < 4.78 is 0. The van der Waals surface area contributed by atoms with Crippen molar-refractivity contribution in [3.63, 3.8) is 0 Å². The highest BCUT2D eigenvalue weighted by molar-refractivity contribution is 5.94. The molecule has 3 N–H and O–H groups in total. The van der Waals surface area contributed by atoms with Crippen LogP contribution in [0.4, 0.5) is 5.82 Å². The Morgan fingerprint density at radius 1 is 1.37 bits per heavy atom. The van der Waals surface area contributed by atoms with E-state index < -0.39 is 0 Å². The lowest BCUT2D eigenvalue weighted by Crippen LogP contribution is -2.30. The van der Waals surface area contributed by atoms with Crippen LogP contribution in [-0.2, 0) is 4.79 Å². The van der Waals surface area contributed by atoms with Gasteiger partial charge < -0.3 is 10.2 Å². The summed E-state index contributed by atoms with van der Waals surface area (Å²) in [4.78, 5) is 32.6. The van der Waals surface area contributed by atoms with Gasteiger partial charge in [0, 0.05) is 24.5 Å². The number of carbonyl (C=O) groups is 1. The third-order valence-corrected chi connectivity index (χ3v) is 4.63. The Hall–Kier alpha value is -3.42. The predicted octanol–water partition coefficient (Wildman–Crippen LogP) is 1.90. The third-order valence-electron chi connectivity index (χ3n) is 4.63. The first kappa shape index (κ1) is 17.0. The first-order valence-electron chi connectivity index (χ1n) is 8.87. The van der Waals surface area contributed by atoms with Crippen LogP contribution < -0.4 is 11.0 Å². The maximum absolute atomic E-state index is 12.0. The summed E-state index contributed by atoms with van der Waals surface area (Å²) in [5.41, 5.74) is 0.206. The Labute approximate surface area is 155 Å². The van der Waals surface area contributed by atoms with E-state index in [-0.39, 0.29) is 17.6 Å². The van der Waals surface area contributed by atoms with Gasteiger partial charge in [0.15, 0.2) is 5.82 Å².